The van der Waals surface area contributed by atoms with Crippen molar-refractivity contribution in [1.29, 1.82) is 0 Å². The number of hydrogen-bond acceptors (Lipinski definition) is 10. The summed E-state index contributed by atoms with van der Waals surface area (Å²) in [6.07, 6.45) is 0.298. The van der Waals surface area contributed by atoms with Crippen molar-refractivity contribution in [2.45, 2.75) is 39.0 Å². The van der Waals surface area contributed by atoms with E-state index in [0.29, 0.717) is 35.6 Å². The molecule has 0 unspecified atom stereocenters. The standard InChI is InChI=1S/C32H40N6O5S/c1-22(2)18-38(30(40)24-9-10-26-29(16-24)43-31(34-26)37-13-11-36(3)12-14-37)19-28(39)27(15-23-7-5-4-6-8-23)35-32(41)42-20-25-17-33-21-44-25/h4-10,16-17,21-22,27-28,39H,11-15,18-20H2,1-3H3,(H,35,41)/t27-,28+/m0/s1. The summed E-state index contributed by atoms with van der Waals surface area (Å²) in [5.41, 5.74) is 4.29. The van der Waals surface area contributed by atoms with Crippen LogP contribution in [0.15, 0.2) is 64.7 Å². The second kappa shape index (κ2) is 14.7. The van der Waals surface area contributed by atoms with Gasteiger partial charge in [-0.25, -0.2) is 4.79 Å². The fraction of sp³-hybridized carbons (Fsp3) is 0.438. The number of fused-ring (bicyclic) bond motifs is 1. The number of piperazine rings is 1. The van der Waals surface area contributed by atoms with E-state index in [-0.39, 0.29) is 25.0 Å². The lowest BCUT2D eigenvalue weighted by molar-refractivity contribution is 0.0494. The Morgan fingerprint density at radius 3 is 2.59 bits per heavy atom. The molecule has 0 saturated carbocycles. The largest absolute Gasteiger partial charge is 0.444 e. The van der Waals surface area contributed by atoms with Crippen molar-refractivity contribution in [1.82, 2.24) is 25.1 Å². The molecule has 0 spiro atoms. The SMILES string of the molecule is CC(C)CN(C[C@@H](O)[C@H](Cc1ccccc1)NC(=O)OCc1cncs1)C(=O)c1ccc2nc(N3CCN(C)CC3)oc2c1. The molecule has 4 aromatic rings. The van der Waals surface area contributed by atoms with Gasteiger partial charge in [0.2, 0.25) is 0 Å². The number of hydrogen-bond donors (Lipinski definition) is 2. The Morgan fingerprint density at radius 1 is 1.11 bits per heavy atom. The second-order valence-electron chi connectivity index (χ2n) is 11.6. The van der Waals surface area contributed by atoms with E-state index in [1.807, 2.05) is 44.2 Å². The van der Waals surface area contributed by atoms with Crippen LogP contribution in [0.3, 0.4) is 0 Å². The summed E-state index contributed by atoms with van der Waals surface area (Å²) < 4.78 is 11.5. The van der Waals surface area contributed by atoms with E-state index in [4.69, 9.17) is 9.15 Å². The van der Waals surface area contributed by atoms with Gasteiger partial charge in [-0.1, -0.05) is 44.2 Å². The Kier molecular flexibility index (Phi) is 10.5. The molecule has 3 heterocycles. The number of anilines is 1. The monoisotopic (exact) mass is 620 g/mol. The number of likely N-dealkylation sites (N-methyl/N-ethyl adjacent to an activating group) is 1. The van der Waals surface area contributed by atoms with E-state index in [9.17, 15) is 14.7 Å². The van der Waals surface area contributed by atoms with Crippen LogP contribution < -0.4 is 10.2 Å². The summed E-state index contributed by atoms with van der Waals surface area (Å²) in [7, 11) is 2.09. The molecule has 0 radical (unpaired) electrons. The van der Waals surface area contributed by atoms with Crippen molar-refractivity contribution >= 4 is 40.5 Å². The summed E-state index contributed by atoms with van der Waals surface area (Å²) in [5.74, 6) is -0.0858. The predicted molar refractivity (Wildman–Crippen MR) is 170 cm³/mol. The van der Waals surface area contributed by atoms with Gasteiger partial charge in [-0.2, -0.15) is 4.98 Å². The number of oxazole rings is 1. The first-order valence-electron chi connectivity index (χ1n) is 14.9. The molecule has 0 aliphatic carbocycles. The van der Waals surface area contributed by atoms with E-state index in [0.717, 1.165) is 36.6 Å². The zero-order valence-corrected chi connectivity index (χ0v) is 26.2. The van der Waals surface area contributed by atoms with Gasteiger partial charge in [0.25, 0.3) is 11.9 Å². The molecule has 1 saturated heterocycles. The van der Waals surface area contributed by atoms with Gasteiger partial charge >= 0.3 is 6.09 Å². The lowest BCUT2D eigenvalue weighted by Crippen LogP contribution is -2.51. The van der Waals surface area contributed by atoms with Crippen LogP contribution in [-0.2, 0) is 17.8 Å². The first kappa shape index (κ1) is 31.4. The first-order valence-corrected chi connectivity index (χ1v) is 15.8. The predicted octanol–water partition coefficient (Wildman–Crippen LogP) is 4.03. The van der Waals surface area contributed by atoms with Crippen molar-refractivity contribution in [3.63, 3.8) is 0 Å². The minimum Gasteiger partial charge on any atom is -0.444 e. The van der Waals surface area contributed by atoms with Crippen LogP contribution in [0, 0.1) is 5.92 Å². The Hall–Kier alpha value is -4.00. The maximum atomic E-state index is 13.9. The molecule has 2 amide bonds. The lowest BCUT2D eigenvalue weighted by Gasteiger charge is -2.31. The van der Waals surface area contributed by atoms with Gasteiger partial charge in [0.1, 0.15) is 12.1 Å². The Bertz CT molecular complexity index is 1500. The average Bonchev–Trinajstić information content (AvgIpc) is 3.69. The van der Waals surface area contributed by atoms with Crippen LogP contribution in [0.2, 0.25) is 0 Å². The van der Waals surface area contributed by atoms with Crippen LogP contribution in [-0.4, -0.2) is 95.3 Å². The molecule has 1 aliphatic heterocycles. The van der Waals surface area contributed by atoms with Gasteiger partial charge in [0, 0.05) is 51.0 Å². The highest BCUT2D eigenvalue weighted by molar-refractivity contribution is 7.09. The van der Waals surface area contributed by atoms with Gasteiger partial charge in [-0.3, -0.25) is 9.78 Å². The van der Waals surface area contributed by atoms with Gasteiger partial charge in [-0.05, 0) is 43.1 Å². The number of alkyl carbamates (subject to hydrolysis) is 1. The zero-order valence-electron chi connectivity index (χ0n) is 25.4. The lowest BCUT2D eigenvalue weighted by atomic mass is 10.00. The van der Waals surface area contributed by atoms with Gasteiger partial charge < -0.3 is 34.3 Å². The summed E-state index contributed by atoms with van der Waals surface area (Å²) in [6.45, 7) is 8.07. The van der Waals surface area contributed by atoms with Crippen LogP contribution in [0.4, 0.5) is 10.8 Å². The number of carbonyl (C=O) groups is 2. The number of carbonyl (C=O) groups excluding carboxylic acids is 2. The number of aliphatic hydroxyl groups is 1. The Morgan fingerprint density at radius 2 is 1.89 bits per heavy atom. The number of benzene rings is 2. The van der Waals surface area contributed by atoms with E-state index >= 15 is 0 Å². The number of aromatic nitrogens is 2. The average molecular weight is 621 g/mol. The molecule has 0 bridgehead atoms. The van der Waals surface area contributed by atoms with Gasteiger partial charge in [-0.15, -0.1) is 11.3 Å². The summed E-state index contributed by atoms with van der Waals surface area (Å²) in [5, 5.41) is 14.3. The zero-order chi connectivity index (χ0) is 31.1. The van der Waals surface area contributed by atoms with Crippen molar-refractivity contribution in [3.05, 3.63) is 76.2 Å². The maximum absolute atomic E-state index is 13.9. The smallest absolute Gasteiger partial charge is 0.407 e. The minimum absolute atomic E-state index is 0.0185. The van der Waals surface area contributed by atoms with E-state index < -0.39 is 18.2 Å². The van der Waals surface area contributed by atoms with E-state index in [2.05, 4.69) is 32.1 Å². The van der Waals surface area contributed by atoms with Crippen molar-refractivity contribution in [3.8, 4) is 0 Å². The summed E-state index contributed by atoms with van der Waals surface area (Å²) in [4.78, 5) is 42.1. The molecule has 44 heavy (non-hydrogen) atoms. The number of aliphatic hydroxyl groups excluding tert-OH is 1. The van der Waals surface area contributed by atoms with E-state index in [1.165, 1.54) is 11.3 Å². The quantitative estimate of drug-likeness (QED) is 0.242. The number of ether oxygens (including phenoxy) is 1. The topological polar surface area (TPSA) is 124 Å². The molecule has 12 heteroatoms. The third kappa shape index (κ3) is 8.34. The first-order chi connectivity index (χ1) is 21.2. The van der Waals surface area contributed by atoms with Crippen molar-refractivity contribution in [2.24, 2.45) is 5.92 Å². The molecule has 234 valence electrons. The molecule has 2 aromatic heterocycles. The van der Waals surface area contributed by atoms with E-state index in [1.54, 1.807) is 34.8 Å². The summed E-state index contributed by atoms with van der Waals surface area (Å²) in [6, 6.07) is 14.7. The number of rotatable bonds is 12. The van der Waals surface area contributed by atoms with Crippen LogP contribution in [0.1, 0.15) is 34.6 Å². The van der Waals surface area contributed by atoms with Crippen LogP contribution in [0.5, 0.6) is 0 Å². The van der Waals surface area contributed by atoms with Crippen molar-refractivity contribution < 1.29 is 23.8 Å². The molecule has 5 rings (SSSR count). The number of nitrogens with one attached hydrogen (secondary N) is 1. The third-order valence-corrected chi connectivity index (χ3v) is 8.33. The van der Waals surface area contributed by atoms with Crippen LogP contribution in [0.25, 0.3) is 11.1 Å². The van der Waals surface area contributed by atoms with Crippen molar-refractivity contribution in [2.75, 3.05) is 51.2 Å². The van der Waals surface area contributed by atoms with Crippen LogP contribution >= 0.6 is 11.3 Å². The van der Waals surface area contributed by atoms with Gasteiger partial charge in [0.05, 0.1) is 22.5 Å². The molecular formula is C32H40N6O5S. The minimum atomic E-state index is -1.06. The molecular weight excluding hydrogens is 580 g/mol. The highest BCUT2D eigenvalue weighted by atomic mass is 32.1. The van der Waals surface area contributed by atoms with Gasteiger partial charge in [0.15, 0.2) is 5.58 Å². The third-order valence-electron chi connectivity index (χ3n) is 7.57. The fourth-order valence-corrected chi connectivity index (χ4v) is 5.70. The molecule has 11 nitrogen and oxygen atoms in total. The molecule has 2 N–H and O–H groups in total. The summed E-state index contributed by atoms with van der Waals surface area (Å²) >= 11 is 1.39. The Balaban J connectivity index is 1.31. The second-order valence-corrected chi connectivity index (χ2v) is 12.6. The highest BCUT2D eigenvalue weighted by Crippen LogP contribution is 2.25. The normalized spacial score (nSPS) is 15.3. The molecule has 2 aromatic carbocycles. The number of thiazole rings is 1. The molecule has 2 atom stereocenters. The maximum Gasteiger partial charge on any atom is 0.407 e. The molecule has 1 fully saturated rings. The Labute approximate surface area is 261 Å². The number of amides is 2. The highest BCUT2D eigenvalue weighted by Gasteiger charge is 2.28. The number of nitrogens with zero attached hydrogens (tertiary/aromatic N) is 5. The fourth-order valence-electron chi connectivity index (χ4n) is 5.19. The molecule has 1 aliphatic rings.